The van der Waals surface area contributed by atoms with Gasteiger partial charge in [-0.2, -0.15) is 5.10 Å². The van der Waals surface area contributed by atoms with Crippen molar-refractivity contribution < 1.29 is 4.79 Å². The molecule has 0 unspecified atom stereocenters. The van der Waals surface area contributed by atoms with Crippen molar-refractivity contribution in [3.05, 3.63) is 24.2 Å². The number of fused-ring (bicyclic) bond motifs is 1. The van der Waals surface area contributed by atoms with E-state index in [1.54, 1.807) is 10.7 Å². The average Bonchev–Trinajstić information content (AvgIpc) is 2.70. The molecule has 0 aliphatic carbocycles. The zero-order chi connectivity index (χ0) is 13.1. The van der Waals surface area contributed by atoms with Gasteiger partial charge in [-0.3, -0.25) is 4.79 Å². The number of hydrogen-bond donors (Lipinski definition) is 1. The van der Waals surface area contributed by atoms with Gasteiger partial charge in [-0.05, 0) is 31.9 Å². The number of anilines is 1. The topological polar surface area (TPSA) is 59.3 Å². The van der Waals surface area contributed by atoms with E-state index in [4.69, 9.17) is 0 Å². The van der Waals surface area contributed by atoms with Crippen LogP contribution < -0.4 is 5.32 Å². The number of pyridine rings is 1. The lowest BCUT2D eigenvalue weighted by Crippen LogP contribution is -2.21. The van der Waals surface area contributed by atoms with Gasteiger partial charge in [0.05, 0.1) is 11.9 Å². The second-order valence-corrected chi connectivity index (χ2v) is 4.38. The highest BCUT2D eigenvalue weighted by molar-refractivity contribution is 5.92. The quantitative estimate of drug-likeness (QED) is 0.901. The zero-order valence-electron chi connectivity index (χ0n) is 11.0. The predicted octanol–water partition coefficient (Wildman–Crippen LogP) is 2.41. The van der Waals surface area contributed by atoms with Crippen LogP contribution in [-0.4, -0.2) is 20.5 Å². The minimum Gasteiger partial charge on any atom is -0.324 e. The second kappa shape index (κ2) is 5.16. The van der Waals surface area contributed by atoms with Crippen LogP contribution in [0.1, 0.15) is 32.5 Å². The first-order valence-corrected chi connectivity index (χ1v) is 6.28. The molecular weight excluding hydrogens is 228 g/mol. The number of hydrogen-bond acceptors (Lipinski definition) is 3. The number of amides is 1. The number of nitrogens with zero attached hydrogens (tertiary/aromatic N) is 3. The molecule has 1 N–H and O–H groups in total. The predicted molar refractivity (Wildman–Crippen MR) is 70.4 cm³/mol. The smallest absolute Gasteiger partial charge is 0.227 e. The van der Waals surface area contributed by atoms with Crippen molar-refractivity contribution in [2.45, 2.75) is 33.6 Å². The molecule has 0 aliphatic heterocycles. The Morgan fingerprint density at radius 3 is 2.78 bits per heavy atom. The van der Waals surface area contributed by atoms with Crippen LogP contribution in [0.4, 0.5) is 5.69 Å². The Morgan fingerprint density at radius 2 is 2.11 bits per heavy atom. The molecular formula is C13H18N4O. The third kappa shape index (κ3) is 2.50. The van der Waals surface area contributed by atoms with E-state index in [0.717, 1.165) is 30.0 Å². The van der Waals surface area contributed by atoms with E-state index in [0.29, 0.717) is 0 Å². The first-order chi connectivity index (χ1) is 8.63. The van der Waals surface area contributed by atoms with Crippen molar-refractivity contribution in [2.24, 2.45) is 5.92 Å². The minimum atomic E-state index is 0.0659. The standard InChI is InChI=1S/C13H18N4O/c1-4-10(5-2)13(18)15-11-6-7-12-14-9(3)16-17(12)8-11/h6-8,10H,4-5H2,1-3H3,(H,15,18). The highest BCUT2D eigenvalue weighted by Gasteiger charge is 2.14. The molecule has 0 aromatic carbocycles. The third-order valence-corrected chi connectivity index (χ3v) is 3.06. The Bertz CT molecular complexity index is 557. The molecule has 96 valence electrons. The fourth-order valence-corrected chi connectivity index (χ4v) is 1.97. The maximum Gasteiger partial charge on any atom is 0.227 e. The molecule has 0 aliphatic rings. The summed E-state index contributed by atoms with van der Waals surface area (Å²) < 4.78 is 1.68. The number of nitrogens with one attached hydrogen (secondary N) is 1. The second-order valence-electron chi connectivity index (χ2n) is 4.38. The summed E-state index contributed by atoms with van der Waals surface area (Å²) in [6.07, 6.45) is 3.50. The highest BCUT2D eigenvalue weighted by atomic mass is 16.1. The van der Waals surface area contributed by atoms with Crippen LogP contribution in [0.5, 0.6) is 0 Å². The molecule has 2 rings (SSSR count). The van der Waals surface area contributed by atoms with Crippen LogP contribution in [-0.2, 0) is 4.79 Å². The van der Waals surface area contributed by atoms with Crippen molar-refractivity contribution in [3.8, 4) is 0 Å². The lowest BCUT2D eigenvalue weighted by Gasteiger charge is -2.12. The molecule has 0 atom stereocenters. The number of carbonyl (C=O) groups is 1. The van der Waals surface area contributed by atoms with Gasteiger partial charge in [-0.15, -0.1) is 0 Å². The molecule has 18 heavy (non-hydrogen) atoms. The van der Waals surface area contributed by atoms with Gasteiger partial charge in [0.1, 0.15) is 5.82 Å². The van der Waals surface area contributed by atoms with Gasteiger partial charge in [0.15, 0.2) is 5.65 Å². The molecule has 0 bridgehead atoms. The van der Waals surface area contributed by atoms with Gasteiger partial charge < -0.3 is 5.32 Å². The van der Waals surface area contributed by atoms with E-state index in [9.17, 15) is 4.79 Å². The van der Waals surface area contributed by atoms with Crippen LogP contribution in [0.3, 0.4) is 0 Å². The molecule has 0 saturated heterocycles. The first-order valence-electron chi connectivity index (χ1n) is 6.28. The highest BCUT2D eigenvalue weighted by Crippen LogP contribution is 2.14. The summed E-state index contributed by atoms with van der Waals surface area (Å²) in [4.78, 5) is 16.2. The van der Waals surface area contributed by atoms with Gasteiger partial charge in [0, 0.05) is 5.92 Å². The normalized spacial score (nSPS) is 11.1. The monoisotopic (exact) mass is 246 g/mol. The van der Waals surface area contributed by atoms with Crippen molar-refractivity contribution in [1.82, 2.24) is 14.6 Å². The summed E-state index contributed by atoms with van der Waals surface area (Å²) in [5.41, 5.74) is 1.54. The van der Waals surface area contributed by atoms with E-state index in [1.165, 1.54) is 0 Å². The number of rotatable bonds is 4. The Morgan fingerprint density at radius 1 is 1.39 bits per heavy atom. The zero-order valence-corrected chi connectivity index (χ0v) is 11.0. The molecule has 0 spiro atoms. The summed E-state index contributed by atoms with van der Waals surface area (Å²) in [6, 6.07) is 3.70. The van der Waals surface area contributed by atoms with Gasteiger partial charge in [0.25, 0.3) is 0 Å². The Balaban J connectivity index is 2.18. The summed E-state index contributed by atoms with van der Waals surface area (Å²) >= 11 is 0. The molecule has 0 radical (unpaired) electrons. The summed E-state index contributed by atoms with van der Waals surface area (Å²) in [5.74, 6) is 0.854. The fourth-order valence-electron chi connectivity index (χ4n) is 1.97. The van der Waals surface area contributed by atoms with E-state index < -0.39 is 0 Å². The van der Waals surface area contributed by atoms with Crippen LogP contribution in [0, 0.1) is 12.8 Å². The number of aromatic nitrogens is 3. The molecule has 1 amide bonds. The van der Waals surface area contributed by atoms with Gasteiger partial charge >= 0.3 is 0 Å². The molecule has 5 heteroatoms. The summed E-state index contributed by atoms with van der Waals surface area (Å²) in [6.45, 7) is 5.89. The fraction of sp³-hybridized carbons (Fsp3) is 0.462. The lowest BCUT2D eigenvalue weighted by molar-refractivity contribution is -0.120. The molecule has 2 aromatic rings. The molecule has 0 fully saturated rings. The van der Waals surface area contributed by atoms with E-state index in [1.807, 2.05) is 32.9 Å². The van der Waals surface area contributed by atoms with E-state index in [2.05, 4.69) is 15.4 Å². The van der Waals surface area contributed by atoms with Crippen molar-refractivity contribution in [1.29, 1.82) is 0 Å². The van der Waals surface area contributed by atoms with Gasteiger partial charge in [0.2, 0.25) is 5.91 Å². The number of aryl methyl sites for hydroxylation is 1. The lowest BCUT2D eigenvalue weighted by atomic mass is 10.0. The third-order valence-electron chi connectivity index (χ3n) is 3.06. The average molecular weight is 246 g/mol. The maximum atomic E-state index is 12.0. The first kappa shape index (κ1) is 12.5. The SMILES string of the molecule is CCC(CC)C(=O)Nc1ccc2nc(C)nn2c1. The largest absolute Gasteiger partial charge is 0.324 e. The number of carbonyl (C=O) groups excluding carboxylic acids is 1. The Kier molecular flexibility index (Phi) is 3.60. The molecule has 2 aromatic heterocycles. The van der Waals surface area contributed by atoms with E-state index >= 15 is 0 Å². The Hall–Kier alpha value is -1.91. The van der Waals surface area contributed by atoms with Crippen molar-refractivity contribution in [3.63, 3.8) is 0 Å². The van der Waals surface area contributed by atoms with E-state index in [-0.39, 0.29) is 11.8 Å². The van der Waals surface area contributed by atoms with Crippen LogP contribution >= 0.6 is 0 Å². The molecule has 5 nitrogen and oxygen atoms in total. The van der Waals surface area contributed by atoms with Crippen LogP contribution in [0.15, 0.2) is 18.3 Å². The van der Waals surface area contributed by atoms with Crippen molar-refractivity contribution >= 4 is 17.2 Å². The Labute approximate surface area is 106 Å². The van der Waals surface area contributed by atoms with Crippen LogP contribution in [0.2, 0.25) is 0 Å². The minimum absolute atomic E-state index is 0.0659. The maximum absolute atomic E-state index is 12.0. The summed E-state index contributed by atoms with van der Waals surface area (Å²) in [5, 5.41) is 7.14. The van der Waals surface area contributed by atoms with Crippen LogP contribution in [0.25, 0.3) is 5.65 Å². The van der Waals surface area contributed by atoms with Gasteiger partial charge in [-0.25, -0.2) is 9.50 Å². The van der Waals surface area contributed by atoms with Gasteiger partial charge in [-0.1, -0.05) is 13.8 Å². The molecule has 0 saturated carbocycles. The molecule has 2 heterocycles. The van der Waals surface area contributed by atoms with Crippen molar-refractivity contribution in [2.75, 3.05) is 5.32 Å². The summed E-state index contributed by atoms with van der Waals surface area (Å²) in [7, 11) is 0.